The van der Waals surface area contributed by atoms with Gasteiger partial charge in [0.15, 0.2) is 11.0 Å². The van der Waals surface area contributed by atoms with Crippen molar-refractivity contribution in [3.8, 4) is 0 Å². The van der Waals surface area contributed by atoms with E-state index in [0.29, 0.717) is 16.6 Å². The number of hydrogen-bond acceptors (Lipinski definition) is 3. The van der Waals surface area contributed by atoms with Gasteiger partial charge >= 0.3 is 0 Å². The molecule has 2 rings (SSSR count). The Morgan fingerprint density at radius 3 is 2.72 bits per heavy atom. The molecule has 1 atom stereocenters. The molecule has 0 amide bonds. The van der Waals surface area contributed by atoms with E-state index >= 15 is 0 Å². The van der Waals surface area contributed by atoms with E-state index in [0.717, 1.165) is 5.75 Å². The molecular weight excluding hydrogens is 254 g/mol. The van der Waals surface area contributed by atoms with Crippen LogP contribution in [0.5, 0.6) is 0 Å². The highest BCUT2D eigenvalue weighted by Crippen LogP contribution is 2.27. The summed E-state index contributed by atoms with van der Waals surface area (Å²) in [5, 5.41) is 3.36. The Morgan fingerprint density at radius 1 is 1.39 bits per heavy atom. The summed E-state index contributed by atoms with van der Waals surface area (Å²) in [4.78, 5) is 4.43. The number of rotatable bonds is 2. The molecule has 1 heterocycles. The lowest BCUT2D eigenvalue weighted by Crippen LogP contribution is -2.12. The highest BCUT2D eigenvalue weighted by Gasteiger charge is 2.23. The molecular formula is C13H16F2N2S. The number of thioether (sulfide) groups is 1. The number of anilines is 1. The van der Waals surface area contributed by atoms with E-state index in [1.807, 2.05) is 0 Å². The van der Waals surface area contributed by atoms with Gasteiger partial charge in [-0.05, 0) is 24.5 Å². The molecule has 98 valence electrons. The smallest absolute Gasteiger partial charge is 0.161 e. The number of hydrogen-bond donors (Lipinski definition) is 1. The average molecular weight is 270 g/mol. The Kier molecular flexibility index (Phi) is 3.90. The summed E-state index contributed by atoms with van der Waals surface area (Å²) in [6, 6.07) is 2.91. The summed E-state index contributed by atoms with van der Waals surface area (Å²) < 4.78 is 27.4. The SMILES string of the molecule is Cc1ccc(F)c(NC2=NC(C(C)C)CS2)c1F. The Bertz CT molecular complexity index is 486. The highest BCUT2D eigenvalue weighted by molar-refractivity contribution is 8.14. The Labute approximate surface area is 110 Å². The van der Waals surface area contributed by atoms with Crippen molar-refractivity contribution in [2.24, 2.45) is 10.9 Å². The number of nitrogens with zero attached hydrogens (tertiary/aromatic N) is 1. The van der Waals surface area contributed by atoms with Crippen LogP contribution in [0.1, 0.15) is 19.4 Å². The zero-order chi connectivity index (χ0) is 13.3. The third kappa shape index (κ3) is 2.66. The fourth-order valence-electron chi connectivity index (χ4n) is 1.68. The van der Waals surface area contributed by atoms with E-state index < -0.39 is 11.6 Å². The molecule has 0 radical (unpaired) electrons. The minimum absolute atomic E-state index is 0.106. The van der Waals surface area contributed by atoms with Crippen LogP contribution in [0.25, 0.3) is 0 Å². The lowest BCUT2D eigenvalue weighted by atomic mass is 10.1. The predicted octanol–water partition coefficient (Wildman–Crippen LogP) is 3.81. The van der Waals surface area contributed by atoms with Crippen LogP contribution in [-0.4, -0.2) is 17.0 Å². The lowest BCUT2D eigenvalue weighted by Gasteiger charge is -2.09. The minimum Gasteiger partial charge on any atom is -0.330 e. The van der Waals surface area contributed by atoms with Gasteiger partial charge in [-0.2, -0.15) is 0 Å². The van der Waals surface area contributed by atoms with Crippen LogP contribution in [0.3, 0.4) is 0 Å². The summed E-state index contributed by atoms with van der Waals surface area (Å²) in [6.45, 7) is 5.79. The van der Waals surface area contributed by atoms with Crippen LogP contribution >= 0.6 is 11.8 Å². The largest absolute Gasteiger partial charge is 0.330 e. The van der Waals surface area contributed by atoms with Crippen LogP contribution in [-0.2, 0) is 0 Å². The van der Waals surface area contributed by atoms with Crippen molar-refractivity contribution in [1.82, 2.24) is 0 Å². The second-order valence-corrected chi connectivity index (χ2v) is 5.74. The molecule has 0 spiro atoms. The molecule has 1 unspecified atom stereocenters. The summed E-state index contributed by atoms with van der Waals surface area (Å²) in [5.74, 6) is 0.152. The quantitative estimate of drug-likeness (QED) is 0.883. The van der Waals surface area contributed by atoms with E-state index in [1.54, 1.807) is 6.92 Å². The van der Waals surface area contributed by atoms with Crippen molar-refractivity contribution in [2.75, 3.05) is 11.1 Å². The maximum Gasteiger partial charge on any atom is 0.161 e. The molecule has 1 aliphatic heterocycles. The van der Waals surface area contributed by atoms with E-state index in [-0.39, 0.29) is 11.7 Å². The molecule has 0 aromatic heterocycles. The molecule has 0 saturated carbocycles. The van der Waals surface area contributed by atoms with Crippen LogP contribution < -0.4 is 5.32 Å². The van der Waals surface area contributed by atoms with Gasteiger partial charge in [0, 0.05) is 5.75 Å². The molecule has 1 aliphatic rings. The number of nitrogens with one attached hydrogen (secondary N) is 1. The van der Waals surface area contributed by atoms with Gasteiger partial charge in [-0.25, -0.2) is 8.78 Å². The van der Waals surface area contributed by atoms with Crippen LogP contribution in [0, 0.1) is 24.5 Å². The Balaban J connectivity index is 2.21. The first-order chi connectivity index (χ1) is 8.49. The topological polar surface area (TPSA) is 24.4 Å². The zero-order valence-electron chi connectivity index (χ0n) is 10.6. The highest BCUT2D eigenvalue weighted by atomic mass is 32.2. The molecule has 1 aromatic rings. The monoisotopic (exact) mass is 270 g/mol. The first-order valence-electron chi connectivity index (χ1n) is 5.91. The first kappa shape index (κ1) is 13.3. The summed E-state index contributed by atoms with van der Waals surface area (Å²) >= 11 is 1.50. The van der Waals surface area contributed by atoms with Gasteiger partial charge in [0.1, 0.15) is 11.5 Å². The van der Waals surface area contributed by atoms with E-state index in [9.17, 15) is 8.78 Å². The predicted molar refractivity (Wildman–Crippen MR) is 73.2 cm³/mol. The molecule has 0 fully saturated rings. The maximum absolute atomic E-state index is 13.8. The van der Waals surface area contributed by atoms with E-state index in [2.05, 4.69) is 24.2 Å². The average Bonchev–Trinajstić information content (AvgIpc) is 2.78. The summed E-state index contributed by atoms with van der Waals surface area (Å²) in [6.07, 6.45) is 0. The number of amidine groups is 1. The fraction of sp³-hybridized carbons (Fsp3) is 0.462. The normalized spacial score (nSPS) is 19.2. The van der Waals surface area contributed by atoms with Crippen molar-refractivity contribution in [1.29, 1.82) is 0 Å². The van der Waals surface area contributed by atoms with Crippen LogP contribution in [0.4, 0.5) is 14.5 Å². The molecule has 1 aromatic carbocycles. The number of benzene rings is 1. The summed E-state index contributed by atoms with van der Waals surface area (Å²) in [5.41, 5.74) is 0.313. The number of aliphatic imine (C=N–C) groups is 1. The van der Waals surface area contributed by atoms with Crippen molar-refractivity contribution in [2.45, 2.75) is 26.8 Å². The standard InChI is InChI=1S/C13H16F2N2S/c1-7(2)10-6-18-13(16-10)17-12-9(14)5-4-8(3)11(12)15/h4-5,7,10H,6H2,1-3H3,(H,16,17). The first-order valence-corrected chi connectivity index (χ1v) is 6.90. The van der Waals surface area contributed by atoms with Gasteiger partial charge in [0.2, 0.25) is 0 Å². The lowest BCUT2D eigenvalue weighted by molar-refractivity contribution is 0.543. The number of halogens is 2. The van der Waals surface area contributed by atoms with Crippen LogP contribution in [0.2, 0.25) is 0 Å². The second-order valence-electron chi connectivity index (χ2n) is 4.73. The molecule has 18 heavy (non-hydrogen) atoms. The van der Waals surface area contributed by atoms with E-state index in [1.165, 1.54) is 23.9 Å². The Morgan fingerprint density at radius 2 is 2.11 bits per heavy atom. The van der Waals surface area contributed by atoms with Gasteiger partial charge in [-0.3, -0.25) is 4.99 Å². The molecule has 5 heteroatoms. The van der Waals surface area contributed by atoms with Crippen LogP contribution in [0.15, 0.2) is 17.1 Å². The Hall–Kier alpha value is -1.10. The molecule has 0 saturated heterocycles. The maximum atomic E-state index is 13.8. The van der Waals surface area contributed by atoms with Crippen molar-refractivity contribution >= 4 is 22.6 Å². The van der Waals surface area contributed by atoms with Gasteiger partial charge in [0.05, 0.1) is 6.04 Å². The molecule has 2 nitrogen and oxygen atoms in total. The van der Waals surface area contributed by atoms with Crippen molar-refractivity contribution in [3.05, 3.63) is 29.3 Å². The van der Waals surface area contributed by atoms with Crippen molar-refractivity contribution in [3.63, 3.8) is 0 Å². The summed E-state index contributed by atoms with van der Waals surface area (Å²) in [7, 11) is 0. The molecule has 0 bridgehead atoms. The third-order valence-electron chi connectivity index (χ3n) is 2.96. The van der Waals surface area contributed by atoms with Gasteiger partial charge in [0.25, 0.3) is 0 Å². The third-order valence-corrected chi connectivity index (χ3v) is 3.95. The zero-order valence-corrected chi connectivity index (χ0v) is 11.4. The minimum atomic E-state index is -0.589. The van der Waals surface area contributed by atoms with E-state index in [4.69, 9.17) is 0 Å². The van der Waals surface area contributed by atoms with Crippen molar-refractivity contribution < 1.29 is 8.78 Å². The van der Waals surface area contributed by atoms with Gasteiger partial charge < -0.3 is 5.32 Å². The molecule has 0 aliphatic carbocycles. The second kappa shape index (κ2) is 5.26. The number of aryl methyl sites for hydroxylation is 1. The van der Waals surface area contributed by atoms with Gasteiger partial charge in [-0.1, -0.05) is 31.7 Å². The molecule has 1 N–H and O–H groups in total. The van der Waals surface area contributed by atoms with Gasteiger partial charge in [-0.15, -0.1) is 0 Å². The fourth-order valence-corrected chi connectivity index (χ4v) is 2.85.